The Balaban J connectivity index is 1.56. The van der Waals surface area contributed by atoms with Gasteiger partial charge in [0.05, 0.1) is 6.04 Å². The predicted octanol–water partition coefficient (Wildman–Crippen LogP) is 4.84. The molecule has 3 heterocycles. The van der Waals surface area contributed by atoms with Crippen LogP contribution in [0.25, 0.3) is 10.9 Å². The molecule has 28 heavy (non-hydrogen) atoms. The molecule has 0 radical (unpaired) electrons. The number of carbonyl (C=O) groups is 1. The van der Waals surface area contributed by atoms with Crippen LogP contribution >= 0.6 is 15.9 Å². The summed E-state index contributed by atoms with van der Waals surface area (Å²) in [6.07, 6.45) is 2.17. The van der Waals surface area contributed by atoms with Crippen molar-refractivity contribution in [1.82, 2.24) is 14.8 Å². The first-order valence-electron chi connectivity index (χ1n) is 10.4. The molecule has 2 atom stereocenters. The third-order valence-electron chi connectivity index (χ3n) is 6.09. The van der Waals surface area contributed by atoms with Crippen LogP contribution in [-0.2, 0) is 11.2 Å². The van der Waals surface area contributed by atoms with Gasteiger partial charge >= 0.3 is 0 Å². The van der Waals surface area contributed by atoms with Crippen molar-refractivity contribution in [2.75, 3.05) is 26.2 Å². The summed E-state index contributed by atoms with van der Waals surface area (Å²) in [6.45, 7) is 7.09. The van der Waals surface area contributed by atoms with Gasteiger partial charge in [-0.05, 0) is 48.9 Å². The number of H-pyrrole nitrogens is 1. The smallest absolute Gasteiger partial charge is 0.224 e. The van der Waals surface area contributed by atoms with E-state index in [1.807, 2.05) is 0 Å². The number of likely N-dealkylation sites (tertiary alicyclic amines) is 1. The summed E-state index contributed by atoms with van der Waals surface area (Å²) in [5, 5.41) is 1.26. The summed E-state index contributed by atoms with van der Waals surface area (Å²) in [4.78, 5) is 20.8. The molecule has 2 aliphatic heterocycles. The molecule has 152 valence electrons. The first-order valence-corrected chi connectivity index (χ1v) is 11.2. The van der Waals surface area contributed by atoms with Gasteiger partial charge in [0.15, 0.2) is 0 Å². The van der Waals surface area contributed by atoms with Crippen molar-refractivity contribution < 1.29 is 9.18 Å². The topological polar surface area (TPSA) is 39.3 Å². The van der Waals surface area contributed by atoms with Gasteiger partial charge in [0.2, 0.25) is 5.91 Å². The molecule has 6 heteroatoms. The third-order valence-corrected chi connectivity index (χ3v) is 6.58. The van der Waals surface area contributed by atoms with Gasteiger partial charge in [-0.2, -0.15) is 0 Å². The van der Waals surface area contributed by atoms with Crippen LogP contribution < -0.4 is 0 Å². The number of halogens is 2. The highest BCUT2D eigenvalue weighted by Gasteiger charge is 2.34. The molecule has 0 saturated carbocycles. The Bertz CT molecular complexity index is 865. The number of fused-ring (bicyclic) bond motifs is 3. The number of nitrogens with zero attached hydrogens (tertiary/aromatic N) is 2. The summed E-state index contributed by atoms with van der Waals surface area (Å²) in [5.41, 5.74) is 3.69. The molecule has 0 aliphatic carbocycles. The minimum Gasteiger partial charge on any atom is -0.356 e. The van der Waals surface area contributed by atoms with E-state index in [2.05, 4.69) is 62.8 Å². The molecule has 1 fully saturated rings. The number of carbonyl (C=O) groups excluding carboxylic acids is 1. The quantitative estimate of drug-likeness (QED) is 0.709. The molecule has 2 aromatic rings. The molecule has 4 rings (SSSR count). The molecule has 1 aromatic heterocycles. The maximum absolute atomic E-state index is 13.4. The van der Waals surface area contributed by atoms with E-state index in [0.29, 0.717) is 31.8 Å². The summed E-state index contributed by atoms with van der Waals surface area (Å²) in [6, 6.07) is 6.43. The van der Waals surface area contributed by atoms with Crippen molar-refractivity contribution in [2.45, 2.75) is 51.7 Å². The summed E-state index contributed by atoms with van der Waals surface area (Å²) < 4.78 is 14.5. The van der Waals surface area contributed by atoms with Crippen molar-refractivity contribution in [3.05, 3.63) is 33.9 Å². The molecule has 1 aromatic carbocycles. The van der Waals surface area contributed by atoms with Crippen LogP contribution in [0.1, 0.15) is 50.4 Å². The molecule has 1 saturated heterocycles. The van der Waals surface area contributed by atoms with E-state index in [1.54, 1.807) is 0 Å². The van der Waals surface area contributed by atoms with E-state index < -0.39 is 6.17 Å². The molecule has 4 nitrogen and oxygen atoms in total. The van der Waals surface area contributed by atoms with Crippen LogP contribution in [0.5, 0.6) is 0 Å². The van der Waals surface area contributed by atoms with Gasteiger partial charge in [0, 0.05) is 53.7 Å². The molecule has 0 spiro atoms. The van der Waals surface area contributed by atoms with Crippen LogP contribution in [0, 0.1) is 5.92 Å². The fourth-order valence-corrected chi connectivity index (χ4v) is 5.08. The summed E-state index contributed by atoms with van der Waals surface area (Å²) in [5.74, 6) is 0.689. The lowest BCUT2D eigenvalue weighted by molar-refractivity contribution is -0.134. The van der Waals surface area contributed by atoms with Gasteiger partial charge in [-0.15, -0.1) is 0 Å². The minimum absolute atomic E-state index is 0.0925. The zero-order chi connectivity index (χ0) is 19.8. The SMILES string of the molecule is CC(C)CC1c2[nH]c3ccc(Br)cc3c2CCN1C(=O)CCN1CCC(F)C1. The predicted molar refractivity (Wildman–Crippen MR) is 114 cm³/mol. The number of amides is 1. The van der Waals surface area contributed by atoms with Crippen LogP contribution in [0.4, 0.5) is 4.39 Å². The van der Waals surface area contributed by atoms with Crippen molar-refractivity contribution in [1.29, 1.82) is 0 Å². The molecule has 2 aliphatic rings. The molecular formula is C22H29BrFN3O. The Labute approximate surface area is 174 Å². The number of benzene rings is 1. The van der Waals surface area contributed by atoms with Gasteiger partial charge in [-0.3, -0.25) is 9.69 Å². The molecule has 1 amide bonds. The second-order valence-corrected chi connectivity index (χ2v) is 9.54. The standard InChI is InChI=1S/C22H29BrFN3O/c1-14(2)11-20-22-17(18-12-15(23)3-4-19(18)25-22)6-10-27(20)21(28)7-9-26-8-5-16(24)13-26/h3-4,12,14,16,20,25H,5-11,13H2,1-2H3. The highest BCUT2D eigenvalue weighted by molar-refractivity contribution is 9.10. The lowest BCUT2D eigenvalue weighted by atomic mass is 9.91. The largest absolute Gasteiger partial charge is 0.356 e. The number of hydrogen-bond acceptors (Lipinski definition) is 2. The maximum Gasteiger partial charge on any atom is 0.224 e. The molecule has 0 bridgehead atoms. The zero-order valence-electron chi connectivity index (χ0n) is 16.7. The monoisotopic (exact) mass is 449 g/mol. The fourth-order valence-electron chi connectivity index (χ4n) is 4.71. The Morgan fingerprint density at radius 1 is 1.36 bits per heavy atom. The van der Waals surface area contributed by atoms with Crippen LogP contribution in [-0.4, -0.2) is 53.0 Å². The van der Waals surface area contributed by atoms with Gasteiger partial charge in [0.1, 0.15) is 6.17 Å². The number of hydrogen-bond donors (Lipinski definition) is 1. The Morgan fingerprint density at radius 3 is 2.89 bits per heavy atom. The Hall–Kier alpha value is -1.40. The van der Waals surface area contributed by atoms with E-state index in [1.165, 1.54) is 16.6 Å². The highest BCUT2D eigenvalue weighted by atomic mass is 79.9. The second-order valence-electron chi connectivity index (χ2n) is 8.63. The maximum atomic E-state index is 13.4. The van der Waals surface area contributed by atoms with Crippen LogP contribution in [0.3, 0.4) is 0 Å². The number of aromatic nitrogens is 1. The zero-order valence-corrected chi connectivity index (χ0v) is 18.3. The Kier molecular flexibility index (Phi) is 5.79. The van der Waals surface area contributed by atoms with Crippen molar-refractivity contribution in [3.63, 3.8) is 0 Å². The van der Waals surface area contributed by atoms with Crippen molar-refractivity contribution >= 4 is 32.7 Å². The van der Waals surface area contributed by atoms with Gasteiger partial charge in [-0.1, -0.05) is 29.8 Å². The average Bonchev–Trinajstić information content (AvgIpc) is 3.23. The van der Waals surface area contributed by atoms with E-state index in [4.69, 9.17) is 0 Å². The van der Waals surface area contributed by atoms with Crippen molar-refractivity contribution in [2.24, 2.45) is 5.92 Å². The van der Waals surface area contributed by atoms with E-state index in [0.717, 1.165) is 35.9 Å². The van der Waals surface area contributed by atoms with Gasteiger partial charge in [0.25, 0.3) is 0 Å². The fraction of sp³-hybridized carbons (Fsp3) is 0.591. The summed E-state index contributed by atoms with van der Waals surface area (Å²) in [7, 11) is 0. The third kappa shape index (κ3) is 3.99. The normalized spacial score (nSPS) is 23.0. The average molecular weight is 450 g/mol. The lowest BCUT2D eigenvalue weighted by Crippen LogP contribution is -2.41. The first kappa shape index (κ1) is 19.9. The van der Waals surface area contributed by atoms with Gasteiger partial charge in [-0.25, -0.2) is 4.39 Å². The molecule has 2 unspecified atom stereocenters. The summed E-state index contributed by atoms with van der Waals surface area (Å²) >= 11 is 3.58. The number of alkyl halides is 1. The number of rotatable bonds is 5. The number of nitrogens with one attached hydrogen (secondary N) is 1. The Morgan fingerprint density at radius 2 is 2.18 bits per heavy atom. The lowest BCUT2D eigenvalue weighted by Gasteiger charge is -2.37. The molecule has 1 N–H and O–H groups in total. The first-order chi connectivity index (χ1) is 13.4. The van der Waals surface area contributed by atoms with Crippen LogP contribution in [0.15, 0.2) is 22.7 Å². The van der Waals surface area contributed by atoms with E-state index in [-0.39, 0.29) is 11.9 Å². The van der Waals surface area contributed by atoms with Crippen LogP contribution in [0.2, 0.25) is 0 Å². The molecular weight excluding hydrogens is 421 g/mol. The van der Waals surface area contributed by atoms with E-state index in [9.17, 15) is 9.18 Å². The number of aromatic amines is 1. The minimum atomic E-state index is -0.730. The highest BCUT2D eigenvalue weighted by Crippen LogP contribution is 2.38. The van der Waals surface area contributed by atoms with Gasteiger partial charge < -0.3 is 9.88 Å². The van der Waals surface area contributed by atoms with Crippen molar-refractivity contribution in [3.8, 4) is 0 Å². The van der Waals surface area contributed by atoms with E-state index >= 15 is 0 Å². The second kappa shape index (κ2) is 8.15.